The van der Waals surface area contributed by atoms with Crippen LogP contribution in [0.5, 0.6) is 0 Å². The molecule has 7 nitrogen and oxygen atoms in total. The van der Waals surface area contributed by atoms with Crippen molar-refractivity contribution in [1.29, 1.82) is 0 Å². The van der Waals surface area contributed by atoms with E-state index >= 15 is 0 Å². The van der Waals surface area contributed by atoms with Gasteiger partial charge in [-0.25, -0.2) is 4.98 Å². The van der Waals surface area contributed by atoms with Gasteiger partial charge in [0.15, 0.2) is 0 Å². The van der Waals surface area contributed by atoms with Crippen LogP contribution in [-0.4, -0.2) is 39.4 Å². The first-order valence-corrected chi connectivity index (χ1v) is 9.90. The molecule has 1 atom stereocenters. The Morgan fingerprint density at radius 3 is 2.67 bits per heavy atom. The van der Waals surface area contributed by atoms with Crippen LogP contribution in [-0.2, 0) is 22.3 Å². The third-order valence-electron chi connectivity index (χ3n) is 4.74. The highest BCUT2D eigenvalue weighted by Crippen LogP contribution is 2.28. The van der Waals surface area contributed by atoms with Crippen LogP contribution in [0.2, 0.25) is 0 Å². The molecule has 1 unspecified atom stereocenters. The molecule has 2 amide bonds. The van der Waals surface area contributed by atoms with E-state index in [4.69, 9.17) is 0 Å². The van der Waals surface area contributed by atoms with Crippen molar-refractivity contribution in [2.45, 2.75) is 25.6 Å². The Balaban J connectivity index is 1.65. The predicted octanol–water partition coefficient (Wildman–Crippen LogP) is 2.90. The van der Waals surface area contributed by atoms with Crippen molar-refractivity contribution in [3.05, 3.63) is 57.0 Å². The van der Waals surface area contributed by atoms with E-state index in [0.29, 0.717) is 37.5 Å². The number of alkyl halides is 3. The monoisotopic (exact) mass is 486 g/mol. The van der Waals surface area contributed by atoms with Crippen LogP contribution in [0, 0.1) is 5.92 Å². The Kier molecular flexibility index (Phi) is 6.59. The molecule has 1 N–H and O–H groups in total. The number of carbonyl (C=O) groups excluding carboxylic acids is 2. The number of pyridine rings is 2. The summed E-state index contributed by atoms with van der Waals surface area (Å²) in [5.41, 5.74) is -1.71. The van der Waals surface area contributed by atoms with Gasteiger partial charge in [0.1, 0.15) is 12.4 Å². The second kappa shape index (κ2) is 8.99. The van der Waals surface area contributed by atoms with Gasteiger partial charge < -0.3 is 14.8 Å². The number of piperidine rings is 1. The third-order valence-corrected chi connectivity index (χ3v) is 5.21. The molecule has 0 aliphatic carbocycles. The summed E-state index contributed by atoms with van der Waals surface area (Å²) in [7, 11) is 0. The van der Waals surface area contributed by atoms with E-state index in [0.717, 1.165) is 15.1 Å². The lowest BCUT2D eigenvalue weighted by Crippen LogP contribution is -2.45. The maximum atomic E-state index is 12.9. The molecule has 0 spiro atoms. The summed E-state index contributed by atoms with van der Waals surface area (Å²) < 4.78 is 40.1. The van der Waals surface area contributed by atoms with Crippen LogP contribution in [0.15, 0.2) is 45.9 Å². The van der Waals surface area contributed by atoms with E-state index in [1.165, 1.54) is 4.90 Å². The van der Waals surface area contributed by atoms with Crippen molar-refractivity contribution in [3.8, 4) is 0 Å². The standard InChI is InChI=1S/C19H18BrF3N4O3/c20-14-4-5-15(24-8-14)25-18(30)12-2-1-7-26(9-12)17(29)11-27-10-13(19(21,22)23)3-6-16(27)28/h3-6,8,10,12H,1-2,7,9,11H2,(H,24,25,30). The number of nitrogens with one attached hydrogen (secondary N) is 1. The molecule has 2 aromatic rings. The first-order chi connectivity index (χ1) is 14.1. The summed E-state index contributed by atoms with van der Waals surface area (Å²) in [4.78, 5) is 42.4. The average molecular weight is 487 g/mol. The van der Waals surface area contributed by atoms with Gasteiger partial charge in [-0.15, -0.1) is 0 Å². The van der Waals surface area contributed by atoms with Crippen LogP contribution in [0.1, 0.15) is 18.4 Å². The summed E-state index contributed by atoms with van der Waals surface area (Å²) in [5, 5.41) is 2.69. The molecule has 3 rings (SSSR count). The van der Waals surface area contributed by atoms with Gasteiger partial charge in [-0.05, 0) is 47.0 Å². The van der Waals surface area contributed by atoms with Gasteiger partial charge in [-0.3, -0.25) is 14.4 Å². The minimum atomic E-state index is -4.62. The molecular weight excluding hydrogens is 469 g/mol. The highest BCUT2D eigenvalue weighted by atomic mass is 79.9. The van der Waals surface area contributed by atoms with Crippen molar-refractivity contribution < 1.29 is 22.8 Å². The molecule has 1 aliphatic rings. The van der Waals surface area contributed by atoms with Crippen molar-refractivity contribution in [3.63, 3.8) is 0 Å². The first kappa shape index (κ1) is 22.0. The van der Waals surface area contributed by atoms with E-state index in [1.54, 1.807) is 18.3 Å². The molecule has 30 heavy (non-hydrogen) atoms. The smallest absolute Gasteiger partial charge is 0.340 e. The van der Waals surface area contributed by atoms with Gasteiger partial charge >= 0.3 is 6.18 Å². The zero-order valence-electron chi connectivity index (χ0n) is 15.7. The van der Waals surface area contributed by atoms with Gasteiger partial charge in [-0.2, -0.15) is 13.2 Å². The lowest BCUT2D eigenvalue weighted by Gasteiger charge is -2.32. The van der Waals surface area contributed by atoms with Gasteiger partial charge in [-0.1, -0.05) is 0 Å². The van der Waals surface area contributed by atoms with E-state index in [-0.39, 0.29) is 12.5 Å². The number of rotatable bonds is 4. The number of hydrogen-bond acceptors (Lipinski definition) is 4. The number of amides is 2. The third kappa shape index (κ3) is 5.47. The molecule has 1 saturated heterocycles. The lowest BCUT2D eigenvalue weighted by molar-refractivity contribution is -0.139. The minimum Gasteiger partial charge on any atom is -0.340 e. The average Bonchev–Trinajstić information content (AvgIpc) is 2.70. The summed E-state index contributed by atoms with van der Waals surface area (Å²) >= 11 is 3.25. The maximum Gasteiger partial charge on any atom is 0.417 e. The molecule has 0 bridgehead atoms. The highest BCUT2D eigenvalue weighted by molar-refractivity contribution is 9.10. The van der Waals surface area contributed by atoms with Crippen LogP contribution in [0.3, 0.4) is 0 Å². The Morgan fingerprint density at radius 1 is 1.23 bits per heavy atom. The second-order valence-corrected chi connectivity index (χ2v) is 7.83. The SMILES string of the molecule is O=C(Nc1ccc(Br)cn1)C1CCCN(C(=O)Cn2cc(C(F)(F)F)ccc2=O)C1. The zero-order chi connectivity index (χ0) is 21.9. The van der Waals surface area contributed by atoms with Gasteiger partial charge in [0, 0.05) is 36.0 Å². The maximum absolute atomic E-state index is 12.9. The van der Waals surface area contributed by atoms with Crippen LogP contribution in [0.25, 0.3) is 0 Å². The summed E-state index contributed by atoms with van der Waals surface area (Å²) in [6.45, 7) is -0.0346. The Labute approximate surface area is 178 Å². The molecule has 2 aromatic heterocycles. The molecular formula is C19H18BrF3N4O3. The Morgan fingerprint density at radius 2 is 2.00 bits per heavy atom. The fraction of sp³-hybridized carbons (Fsp3) is 0.368. The number of carbonyl (C=O) groups is 2. The first-order valence-electron chi connectivity index (χ1n) is 9.11. The van der Waals surface area contributed by atoms with Crippen molar-refractivity contribution in [2.24, 2.45) is 5.92 Å². The summed E-state index contributed by atoms with van der Waals surface area (Å²) in [5.74, 6) is -0.914. The fourth-order valence-electron chi connectivity index (χ4n) is 3.16. The molecule has 0 aromatic carbocycles. The molecule has 1 fully saturated rings. The van der Waals surface area contributed by atoms with E-state index < -0.39 is 35.7 Å². The van der Waals surface area contributed by atoms with Crippen molar-refractivity contribution >= 4 is 33.6 Å². The van der Waals surface area contributed by atoms with Crippen LogP contribution < -0.4 is 10.9 Å². The number of halogens is 4. The van der Waals surface area contributed by atoms with E-state index in [9.17, 15) is 27.6 Å². The predicted molar refractivity (Wildman–Crippen MR) is 106 cm³/mol. The molecule has 11 heteroatoms. The van der Waals surface area contributed by atoms with E-state index in [1.807, 2.05) is 0 Å². The zero-order valence-corrected chi connectivity index (χ0v) is 17.2. The number of likely N-dealkylation sites (tertiary alicyclic amines) is 1. The Hall–Kier alpha value is -2.69. The van der Waals surface area contributed by atoms with Gasteiger partial charge in [0.25, 0.3) is 5.56 Å². The second-order valence-electron chi connectivity index (χ2n) is 6.91. The topological polar surface area (TPSA) is 84.3 Å². The summed E-state index contributed by atoms with van der Waals surface area (Å²) in [6.07, 6.45) is -1.31. The quantitative estimate of drug-likeness (QED) is 0.719. The van der Waals surface area contributed by atoms with Crippen molar-refractivity contribution in [2.75, 3.05) is 18.4 Å². The number of hydrogen-bond donors (Lipinski definition) is 1. The molecule has 0 radical (unpaired) electrons. The van der Waals surface area contributed by atoms with Crippen molar-refractivity contribution in [1.82, 2.24) is 14.5 Å². The number of nitrogens with zero attached hydrogens (tertiary/aromatic N) is 3. The molecule has 0 saturated carbocycles. The van der Waals surface area contributed by atoms with Crippen LogP contribution in [0.4, 0.5) is 19.0 Å². The van der Waals surface area contributed by atoms with E-state index in [2.05, 4.69) is 26.2 Å². The largest absolute Gasteiger partial charge is 0.417 e. The number of aromatic nitrogens is 2. The normalized spacial score (nSPS) is 16.9. The highest BCUT2D eigenvalue weighted by Gasteiger charge is 2.32. The summed E-state index contributed by atoms with van der Waals surface area (Å²) in [6, 6.07) is 4.83. The molecule has 3 heterocycles. The molecule has 160 valence electrons. The number of anilines is 1. The van der Waals surface area contributed by atoms with Gasteiger partial charge in [0.05, 0.1) is 11.5 Å². The fourth-order valence-corrected chi connectivity index (χ4v) is 3.40. The minimum absolute atomic E-state index is 0.120. The van der Waals surface area contributed by atoms with Gasteiger partial charge in [0.2, 0.25) is 11.8 Å². The Bertz CT molecular complexity index is 992. The van der Waals surface area contributed by atoms with Crippen LogP contribution >= 0.6 is 15.9 Å². The lowest BCUT2D eigenvalue weighted by atomic mass is 9.97. The molecule has 1 aliphatic heterocycles.